The zero-order valence-corrected chi connectivity index (χ0v) is 21.1. The summed E-state index contributed by atoms with van der Waals surface area (Å²) < 4.78 is 44.0. The van der Waals surface area contributed by atoms with E-state index in [1.165, 1.54) is 0 Å². The summed E-state index contributed by atoms with van der Waals surface area (Å²) in [6, 6.07) is 9.93. The molecule has 2 aromatic carbocycles. The molecule has 0 amide bonds. The van der Waals surface area contributed by atoms with Gasteiger partial charge in [-0.15, -0.1) is 0 Å². The number of halogens is 1. The third kappa shape index (κ3) is 5.06. The molecule has 0 spiro atoms. The Labute approximate surface area is 202 Å². The number of piperidine rings is 1. The molecule has 1 aromatic heterocycles. The van der Waals surface area contributed by atoms with Gasteiger partial charge >= 0.3 is 0 Å². The van der Waals surface area contributed by atoms with Gasteiger partial charge in [-0.05, 0) is 81.2 Å². The molecule has 3 aromatic rings. The molecule has 2 heterocycles. The summed E-state index contributed by atoms with van der Waals surface area (Å²) in [6.07, 6.45) is 4.39. The molecule has 0 aliphatic carbocycles. The maximum atomic E-state index is 13.2. The van der Waals surface area contributed by atoms with Crippen LogP contribution in [0.3, 0.4) is 0 Å². The van der Waals surface area contributed by atoms with E-state index in [1.54, 1.807) is 42.6 Å². The Morgan fingerprint density at radius 3 is 2.52 bits per heavy atom. The summed E-state index contributed by atoms with van der Waals surface area (Å²) in [7, 11) is -4.98. The monoisotopic (exact) mass is 508 g/mol. The lowest BCUT2D eigenvalue weighted by atomic mass is 10.2. The Morgan fingerprint density at radius 2 is 1.85 bits per heavy atom. The number of benzene rings is 2. The van der Waals surface area contributed by atoms with Crippen molar-refractivity contribution in [1.29, 1.82) is 0 Å². The van der Waals surface area contributed by atoms with Crippen LogP contribution in [0.25, 0.3) is 10.9 Å². The van der Waals surface area contributed by atoms with E-state index in [-0.39, 0.29) is 10.1 Å². The van der Waals surface area contributed by atoms with Gasteiger partial charge in [0.25, 0.3) is 10.0 Å². The largest absolute Gasteiger partial charge is 0.359 e. The predicted molar refractivity (Wildman–Crippen MR) is 137 cm³/mol. The molecule has 1 aliphatic heterocycles. The van der Waals surface area contributed by atoms with Crippen molar-refractivity contribution in [2.45, 2.75) is 43.3 Å². The van der Waals surface area contributed by atoms with Crippen LogP contribution < -0.4 is 14.3 Å². The summed E-state index contributed by atoms with van der Waals surface area (Å²) in [5.41, 5.74) is 2.79. The van der Waals surface area contributed by atoms with E-state index < -0.39 is 21.0 Å². The molecule has 0 bridgehead atoms. The highest BCUT2D eigenvalue weighted by Gasteiger charge is 2.26. The van der Waals surface area contributed by atoms with Crippen LogP contribution >= 0.6 is 11.6 Å². The Morgan fingerprint density at radius 1 is 1.15 bits per heavy atom. The molecule has 1 atom stereocenters. The topological polar surface area (TPSA) is 94.3 Å². The van der Waals surface area contributed by atoms with Gasteiger partial charge in [0.1, 0.15) is 11.0 Å². The molecule has 33 heavy (non-hydrogen) atoms. The number of sulfonamides is 1. The minimum Gasteiger partial charge on any atom is -0.359 e. The standard InChI is InChI=1S/C23H29ClN4O3S2/c1-3-14-28(32(29)18-10-12-25-13-11-18)17-4-6-19(7-5-17)33(30,31)27-21-9-8-20(24)22-16(2)15-26-23(21)22/h4-9,15,18,25-27H,3,10-14H2,1-2H3. The van der Waals surface area contributed by atoms with Crippen LogP contribution in [-0.2, 0) is 21.0 Å². The van der Waals surface area contributed by atoms with Gasteiger partial charge in [0.15, 0.2) is 0 Å². The van der Waals surface area contributed by atoms with E-state index in [9.17, 15) is 12.6 Å². The molecule has 7 nitrogen and oxygen atoms in total. The Hall–Kier alpha value is -2.07. The normalized spacial score (nSPS) is 16.1. The van der Waals surface area contributed by atoms with Crippen molar-refractivity contribution in [2.24, 2.45) is 0 Å². The van der Waals surface area contributed by atoms with E-state index >= 15 is 0 Å². The lowest BCUT2D eigenvalue weighted by Gasteiger charge is -2.30. The molecule has 0 radical (unpaired) electrons. The van der Waals surface area contributed by atoms with Gasteiger partial charge in [0, 0.05) is 23.8 Å². The van der Waals surface area contributed by atoms with E-state index in [4.69, 9.17) is 11.6 Å². The number of fused-ring (bicyclic) bond motifs is 1. The van der Waals surface area contributed by atoms with E-state index in [2.05, 4.69) is 15.0 Å². The minimum atomic E-state index is -3.82. The van der Waals surface area contributed by atoms with Gasteiger partial charge in [-0.2, -0.15) is 0 Å². The van der Waals surface area contributed by atoms with Gasteiger partial charge in [-0.25, -0.2) is 12.6 Å². The van der Waals surface area contributed by atoms with Crippen LogP contribution in [0.5, 0.6) is 0 Å². The lowest BCUT2D eigenvalue weighted by Crippen LogP contribution is -2.40. The van der Waals surface area contributed by atoms with Gasteiger partial charge in [-0.3, -0.25) is 9.03 Å². The number of H-pyrrole nitrogens is 1. The summed E-state index contributed by atoms with van der Waals surface area (Å²) in [5, 5.41) is 4.77. The smallest absolute Gasteiger partial charge is 0.261 e. The van der Waals surface area contributed by atoms with Crippen LogP contribution in [0.1, 0.15) is 31.7 Å². The van der Waals surface area contributed by atoms with Crippen molar-refractivity contribution in [3.8, 4) is 0 Å². The van der Waals surface area contributed by atoms with Crippen LogP contribution in [0.4, 0.5) is 11.4 Å². The van der Waals surface area contributed by atoms with Crippen molar-refractivity contribution in [3.05, 3.63) is 53.2 Å². The quantitative estimate of drug-likeness (QED) is 0.415. The van der Waals surface area contributed by atoms with E-state index in [0.717, 1.165) is 49.0 Å². The first-order valence-corrected chi connectivity index (χ1v) is 14.1. The first kappa shape index (κ1) is 24.1. The van der Waals surface area contributed by atoms with E-state index in [0.29, 0.717) is 22.8 Å². The molecule has 178 valence electrons. The molecule has 1 fully saturated rings. The molecule has 1 saturated heterocycles. The average molecular weight is 509 g/mol. The van der Waals surface area contributed by atoms with Crippen molar-refractivity contribution in [2.75, 3.05) is 28.7 Å². The predicted octanol–water partition coefficient (Wildman–Crippen LogP) is 4.56. The summed E-state index contributed by atoms with van der Waals surface area (Å²) in [4.78, 5) is 3.24. The number of rotatable bonds is 8. The fraction of sp³-hybridized carbons (Fsp3) is 0.391. The summed E-state index contributed by atoms with van der Waals surface area (Å²) in [6.45, 7) is 6.35. The molecule has 1 unspecified atom stereocenters. The second-order valence-corrected chi connectivity index (χ2v) is 12.0. The highest BCUT2D eigenvalue weighted by Crippen LogP contribution is 2.33. The molecule has 0 saturated carbocycles. The van der Waals surface area contributed by atoms with E-state index in [1.807, 2.05) is 18.2 Å². The van der Waals surface area contributed by atoms with Crippen molar-refractivity contribution < 1.29 is 12.6 Å². The number of hydrogen-bond donors (Lipinski definition) is 3. The van der Waals surface area contributed by atoms with Crippen LogP contribution in [-0.4, -0.2) is 42.5 Å². The first-order valence-electron chi connectivity index (χ1n) is 11.1. The number of aromatic nitrogens is 1. The number of aromatic amines is 1. The molecular weight excluding hydrogens is 480 g/mol. The average Bonchev–Trinajstić information content (AvgIpc) is 3.22. The number of nitrogens with one attached hydrogen (secondary N) is 3. The Bertz CT molecular complexity index is 1250. The highest BCUT2D eigenvalue weighted by molar-refractivity contribution is 7.92. The second kappa shape index (κ2) is 10.0. The van der Waals surface area contributed by atoms with Gasteiger partial charge in [0.05, 0.1) is 26.4 Å². The summed E-state index contributed by atoms with van der Waals surface area (Å²) >= 11 is 6.29. The van der Waals surface area contributed by atoms with Crippen molar-refractivity contribution >= 4 is 54.9 Å². The lowest BCUT2D eigenvalue weighted by molar-refractivity contribution is 0.518. The maximum Gasteiger partial charge on any atom is 0.261 e. The fourth-order valence-electron chi connectivity index (χ4n) is 4.15. The van der Waals surface area contributed by atoms with Gasteiger partial charge in [-0.1, -0.05) is 18.5 Å². The zero-order chi connectivity index (χ0) is 23.6. The fourth-order valence-corrected chi connectivity index (χ4v) is 7.22. The molecule has 4 rings (SSSR count). The SMILES string of the molecule is CCCN(c1ccc(S(=O)(=O)Nc2ccc(Cl)c3c(C)c[nH]c23)cc1)S(=O)C1CCNCC1. The molecule has 10 heteroatoms. The van der Waals surface area contributed by atoms with Crippen molar-refractivity contribution in [1.82, 2.24) is 10.3 Å². The van der Waals surface area contributed by atoms with Crippen LogP contribution in [0, 0.1) is 6.92 Å². The zero-order valence-electron chi connectivity index (χ0n) is 18.7. The Kier molecular flexibility index (Phi) is 7.33. The highest BCUT2D eigenvalue weighted by atomic mass is 35.5. The molecule has 3 N–H and O–H groups in total. The van der Waals surface area contributed by atoms with Crippen LogP contribution in [0.2, 0.25) is 5.02 Å². The van der Waals surface area contributed by atoms with Crippen LogP contribution in [0.15, 0.2) is 47.5 Å². The molecule has 1 aliphatic rings. The number of nitrogens with zero attached hydrogens (tertiary/aromatic N) is 1. The Balaban J connectivity index is 1.57. The third-order valence-corrected chi connectivity index (χ3v) is 9.44. The number of aryl methyl sites for hydroxylation is 1. The van der Waals surface area contributed by atoms with Crippen molar-refractivity contribution in [3.63, 3.8) is 0 Å². The van der Waals surface area contributed by atoms with Gasteiger partial charge in [0.2, 0.25) is 0 Å². The molecular formula is C23H29ClN4O3S2. The minimum absolute atomic E-state index is 0.111. The first-order chi connectivity index (χ1) is 15.8. The second-order valence-electron chi connectivity index (χ2n) is 8.24. The number of anilines is 2. The summed E-state index contributed by atoms with van der Waals surface area (Å²) in [5.74, 6) is 0. The van der Waals surface area contributed by atoms with Gasteiger partial charge < -0.3 is 10.3 Å². The maximum absolute atomic E-state index is 13.2. The number of hydrogen-bond acceptors (Lipinski definition) is 4. The third-order valence-electron chi connectivity index (χ3n) is 5.88.